The van der Waals surface area contributed by atoms with Gasteiger partial charge < -0.3 is 15.6 Å². The van der Waals surface area contributed by atoms with Crippen molar-refractivity contribution in [3.05, 3.63) is 36.0 Å². The van der Waals surface area contributed by atoms with Gasteiger partial charge in [0.15, 0.2) is 9.84 Å². The molecule has 3 heterocycles. The van der Waals surface area contributed by atoms with Crippen molar-refractivity contribution >= 4 is 38.6 Å². The lowest BCUT2D eigenvalue weighted by Gasteiger charge is -2.25. The van der Waals surface area contributed by atoms with Crippen molar-refractivity contribution < 1.29 is 22.8 Å². The summed E-state index contributed by atoms with van der Waals surface area (Å²) in [7, 11) is -3.18. The molecule has 2 aromatic rings. The predicted molar refractivity (Wildman–Crippen MR) is 106 cm³/mol. The average molecular weight is 418 g/mol. The number of nitrogens with one attached hydrogen (secondary N) is 3. The highest BCUT2D eigenvalue weighted by Gasteiger charge is 2.42. The summed E-state index contributed by atoms with van der Waals surface area (Å²) >= 11 is 0. The van der Waals surface area contributed by atoms with E-state index >= 15 is 0 Å². The van der Waals surface area contributed by atoms with E-state index in [0.29, 0.717) is 12.8 Å². The van der Waals surface area contributed by atoms with Crippen molar-refractivity contribution in [1.29, 1.82) is 0 Å². The van der Waals surface area contributed by atoms with Gasteiger partial charge in [0.2, 0.25) is 5.91 Å². The quantitative estimate of drug-likeness (QED) is 0.603. The highest BCUT2D eigenvalue weighted by Crippen LogP contribution is 2.23. The fraction of sp³-hybridized carbons (Fsp3) is 0.421. The van der Waals surface area contributed by atoms with E-state index in [-0.39, 0.29) is 11.5 Å². The molecule has 2 saturated heterocycles. The van der Waals surface area contributed by atoms with Crippen molar-refractivity contribution in [2.24, 2.45) is 0 Å². The molecule has 0 unspecified atom stereocenters. The van der Waals surface area contributed by atoms with Gasteiger partial charge in [-0.3, -0.25) is 14.5 Å². The van der Waals surface area contributed by atoms with Crippen LogP contribution in [0.4, 0.5) is 4.79 Å². The predicted octanol–water partition coefficient (Wildman–Crippen LogP) is 0.324. The van der Waals surface area contributed by atoms with Crippen LogP contribution >= 0.6 is 0 Å². The molecule has 2 atom stereocenters. The van der Waals surface area contributed by atoms with Gasteiger partial charge in [0.1, 0.15) is 12.6 Å². The van der Waals surface area contributed by atoms with Crippen LogP contribution in [0.2, 0.25) is 0 Å². The van der Waals surface area contributed by atoms with Gasteiger partial charge in [-0.2, -0.15) is 0 Å². The van der Waals surface area contributed by atoms with Crippen molar-refractivity contribution in [2.75, 3.05) is 18.1 Å². The van der Waals surface area contributed by atoms with E-state index in [1.807, 2.05) is 24.3 Å². The van der Waals surface area contributed by atoms with Crippen LogP contribution in [0.15, 0.2) is 30.5 Å². The van der Waals surface area contributed by atoms with Gasteiger partial charge in [0, 0.05) is 23.5 Å². The molecule has 2 aliphatic rings. The molecule has 0 spiro atoms. The van der Waals surface area contributed by atoms with Crippen molar-refractivity contribution in [3.63, 3.8) is 0 Å². The maximum Gasteiger partial charge on any atom is 0.325 e. The van der Waals surface area contributed by atoms with Crippen molar-refractivity contribution in [1.82, 2.24) is 20.5 Å². The monoisotopic (exact) mass is 418 g/mol. The number of H-pyrrole nitrogens is 1. The molecule has 0 aliphatic carbocycles. The molecule has 10 heteroatoms. The van der Waals surface area contributed by atoms with E-state index < -0.39 is 45.8 Å². The molecule has 0 bridgehead atoms. The summed E-state index contributed by atoms with van der Waals surface area (Å²) in [6.45, 7) is 1.21. The normalized spacial score (nSPS) is 26.1. The molecule has 9 nitrogen and oxygen atoms in total. The maximum atomic E-state index is 12.7. The number of aromatic nitrogens is 1. The molecule has 0 radical (unpaired) electrons. The number of urea groups is 1. The third-order valence-corrected chi connectivity index (χ3v) is 7.36. The molecular formula is C19H22N4O5S. The second-order valence-electron chi connectivity index (χ2n) is 7.94. The van der Waals surface area contributed by atoms with Gasteiger partial charge in [-0.25, -0.2) is 13.2 Å². The number of aromatic amines is 1. The number of sulfone groups is 1. The SMILES string of the molecule is C[C@]1(NC(=O)CN2C(=O)N[C@@H](Cc3c[nH]c4ccccc34)C2=O)CCS(=O)(=O)C1. The number of nitrogens with zero attached hydrogens (tertiary/aromatic N) is 1. The fourth-order valence-corrected chi connectivity index (χ4v) is 6.11. The van der Waals surface area contributed by atoms with E-state index in [1.165, 1.54) is 0 Å². The van der Waals surface area contributed by atoms with Gasteiger partial charge in [-0.05, 0) is 25.0 Å². The Kier molecular flexibility index (Phi) is 4.60. The lowest BCUT2D eigenvalue weighted by Crippen LogP contribution is -2.51. The molecule has 29 heavy (non-hydrogen) atoms. The number of imide groups is 1. The number of carbonyl (C=O) groups is 3. The summed E-state index contributed by atoms with van der Waals surface area (Å²) in [6, 6.07) is 6.28. The van der Waals surface area contributed by atoms with Crippen LogP contribution < -0.4 is 10.6 Å². The number of fused-ring (bicyclic) bond motifs is 1. The zero-order chi connectivity index (χ0) is 20.8. The minimum absolute atomic E-state index is 0.0135. The number of carbonyl (C=O) groups excluding carboxylic acids is 3. The molecule has 3 N–H and O–H groups in total. The third-order valence-electron chi connectivity index (χ3n) is 5.45. The fourth-order valence-electron chi connectivity index (χ4n) is 4.01. The molecule has 1 aromatic carbocycles. The van der Waals surface area contributed by atoms with Gasteiger partial charge >= 0.3 is 6.03 Å². The van der Waals surface area contributed by atoms with Crippen LogP contribution in [0.5, 0.6) is 0 Å². The second-order valence-corrected chi connectivity index (χ2v) is 10.1. The van der Waals surface area contributed by atoms with Crippen LogP contribution in [0, 0.1) is 0 Å². The number of hydrogen-bond acceptors (Lipinski definition) is 5. The van der Waals surface area contributed by atoms with Gasteiger partial charge in [-0.1, -0.05) is 18.2 Å². The highest BCUT2D eigenvalue weighted by atomic mass is 32.2. The van der Waals surface area contributed by atoms with Crippen LogP contribution in [0.25, 0.3) is 10.9 Å². The van der Waals surface area contributed by atoms with Gasteiger partial charge in [0.25, 0.3) is 5.91 Å². The summed E-state index contributed by atoms with van der Waals surface area (Å²) < 4.78 is 23.4. The van der Waals surface area contributed by atoms with Crippen LogP contribution in [-0.4, -0.2) is 65.8 Å². The van der Waals surface area contributed by atoms with E-state index in [1.54, 1.807) is 13.1 Å². The van der Waals surface area contributed by atoms with E-state index in [4.69, 9.17) is 0 Å². The van der Waals surface area contributed by atoms with Crippen molar-refractivity contribution in [3.8, 4) is 0 Å². The minimum Gasteiger partial charge on any atom is -0.361 e. The Morgan fingerprint density at radius 2 is 2.07 bits per heavy atom. The first-order valence-corrected chi connectivity index (χ1v) is 11.2. The molecule has 4 rings (SSSR count). The Bertz CT molecular complexity index is 1110. The number of para-hydroxylation sites is 1. The third kappa shape index (κ3) is 3.84. The van der Waals surface area contributed by atoms with Gasteiger partial charge in [0.05, 0.1) is 17.0 Å². The summed E-state index contributed by atoms with van der Waals surface area (Å²) in [5, 5.41) is 6.27. The topological polar surface area (TPSA) is 128 Å². The summed E-state index contributed by atoms with van der Waals surface area (Å²) in [5.74, 6) is -1.16. The van der Waals surface area contributed by atoms with Crippen LogP contribution in [-0.2, 0) is 25.8 Å². The Morgan fingerprint density at radius 3 is 2.79 bits per heavy atom. The zero-order valence-electron chi connectivity index (χ0n) is 15.9. The molecular weight excluding hydrogens is 396 g/mol. The number of rotatable bonds is 5. The largest absolute Gasteiger partial charge is 0.361 e. The molecule has 0 saturated carbocycles. The lowest BCUT2D eigenvalue weighted by molar-refractivity contribution is -0.132. The first kappa shape index (κ1) is 19.4. The zero-order valence-corrected chi connectivity index (χ0v) is 16.7. The Hall–Kier alpha value is -2.88. The first-order valence-electron chi connectivity index (χ1n) is 9.34. The molecule has 4 amide bonds. The standard InChI is InChI=1S/C19H22N4O5S/c1-19(6-7-29(27,28)11-19)22-16(24)10-23-17(25)15(21-18(23)26)8-12-9-20-14-5-3-2-4-13(12)14/h2-5,9,15,20H,6-8,10-11H2,1H3,(H,21,26)(H,22,24)/t15-,19-/m0/s1. The van der Waals surface area contributed by atoms with E-state index in [0.717, 1.165) is 21.4 Å². The summed E-state index contributed by atoms with van der Waals surface area (Å²) in [4.78, 5) is 41.3. The number of hydrogen-bond donors (Lipinski definition) is 3. The first-order chi connectivity index (χ1) is 13.7. The smallest absolute Gasteiger partial charge is 0.325 e. The lowest BCUT2D eigenvalue weighted by atomic mass is 10.0. The van der Waals surface area contributed by atoms with E-state index in [2.05, 4.69) is 15.6 Å². The number of amides is 4. The highest BCUT2D eigenvalue weighted by molar-refractivity contribution is 7.91. The minimum atomic E-state index is -3.18. The molecule has 154 valence electrons. The number of benzene rings is 1. The maximum absolute atomic E-state index is 12.7. The summed E-state index contributed by atoms with van der Waals surface area (Å²) in [5.41, 5.74) is 0.961. The summed E-state index contributed by atoms with van der Waals surface area (Å²) in [6.07, 6.45) is 2.42. The molecule has 2 fully saturated rings. The van der Waals surface area contributed by atoms with Gasteiger partial charge in [-0.15, -0.1) is 0 Å². The Balaban J connectivity index is 1.41. The second kappa shape index (κ2) is 6.87. The van der Waals surface area contributed by atoms with Crippen LogP contribution in [0.1, 0.15) is 18.9 Å². The van der Waals surface area contributed by atoms with Crippen LogP contribution in [0.3, 0.4) is 0 Å². The Labute approximate surface area is 167 Å². The average Bonchev–Trinajstić information content (AvgIpc) is 3.26. The van der Waals surface area contributed by atoms with E-state index in [9.17, 15) is 22.8 Å². The Morgan fingerprint density at radius 1 is 1.31 bits per heavy atom. The van der Waals surface area contributed by atoms with Crippen molar-refractivity contribution in [2.45, 2.75) is 31.3 Å². The molecule has 1 aromatic heterocycles. The molecule has 2 aliphatic heterocycles.